The van der Waals surface area contributed by atoms with Gasteiger partial charge in [-0.3, -0.25) is 13.1 Å². The molecular formula is C12H15IN2O2. The number of benzene rings is 1. The molecule has 0 aliphatic heterocycles. The van der Waals surface area contributed by atoms with Crippen molar-refractivity contribution in [3.05, 3.63) is 35.4 Å². The number of ketones is 1. The lowest BCUT2D eigenvalue weighted by atomic mass is 10.1. The lowest BCUT2D eigenvalue weighted by molar-refractivity contribution is 0.0951. The van der Waals surface area contributed by atoms with E-state index in [1.807, 2.05) is 0 Å². The molecule has 0 unspecified atom stereocenters. The van der Waals surface area contributed by atoms with Gasteiger partial charge in [0, 0.05) is 47.1 Å². The maximum Gasteiger partial charge on any atom is 0.251 e. The maximum absolute atomic E-state index is 11.7. The Bertz CT molecular complexity index is 390. The van der Waals surface area contributed by atoms with Crippen LogP contribution in [0.25, 0.3) is 0 Å². The van der Waals surface area contributed by atoms with Gasteiger partial charge in [-0.2, -0.15) is 0 Å². The second-order valence-electron chi connectivity index (χ2n) is 3.63. The summed E-state index contributed by atoms with van der Waals surface area (Å²) in [7, 11) is 0. The van der Waals surface area contributed by atoms with E-state index in [-0.39, 0.29) is 11.7 Å². The highest BCUT2D eigenvalue weighted by Crippen LogP contribution is 2.05. The van der Waals surface area contributed by atoms with Gasteiger partial charge in [-0.15, -0.1) is 0 Å². The van der Waals surface area contributed by atoms with Gasteiger partial charge in [-0.1, -0.05) is 12.1 Å². The molecule has 1 rings (SSSR count). The highest BCUT2D eigenvalue weighted by Gasteiger charge is 2.05. The van der Waals surface area contributed by atoms with Gasteiger partial charge in [-0.25, -0.2) is 0 Å². The largest absolute Gasteiger partial charge is 0.352 e. The molecule has 1 amide bonds. The standard InChI is InChI=1S/C12H15IN2O2/c1-9(16)10-3-5-11(6-4-10)12(17)14-7-2-8-15-13/h3-6,15H,2,7-8H2,1H3,(H,14,17). The number of hydrogen-bond donors (Lipinski definition) is 2. The fourth-order valence-corrected chi connectivity index (χ4v) is 1.70. The predicted molar refractivity (Wildman–Crippen MR) is 75.4 cm³/mol. The average molecular weight is 346 g/mol. The van der Waals surface area contributed by atoms with E-state index in [0.29, 0.717) is 17.7 Å². The molecule has 5 heteroatoms. The summed E-state index contributed by atoms with van der Waals surface area (Å²) in [6.07, 6.45) is 0.889. The number of halogens is 1. The minimum atomic E-state index is -0.103. The number of carbonyl (C=O) groups excluding carboxylic acids is 2. The van der Waals surface area contributed by atoms with Gasteiger partial charge in [-0.05, 0) is 25.5 Å². The molecule has 17 heavy (non-hydrogen) atoms. The van der Waals surface area contributed by atoms with E-state index in [2.05, 4.69) is 31.7 Å². The fraction of sp³-hybridized carbons (Fsp3) is 0.333. The molecule has 2 N–H and O–H groups in total. The first kappa shape index (κ1) is 14.1. The van der Waals surface area contributed by atoms with Gasteiger partial charge in [0.25, 0.3) is 5.91 Å². The van der Waals surface area contributed by atoms with Crippen LogP contribution in [-0.2, 0) is 0 Å². The van der Waals surface area contributed by atoms with Crippen LogP contribution in [-0.4, -0.2) is 24.8 Å². The van der Waals surface area contributed by atoms with Crippen molar-refractivity contribution < 1.29 is 9.59 Å². The van der Waals surface area contributed by atoms with Gasteiger partial charge >= 0.3 is 0 Å². The molecule has 92 valence electrons. The van der Waals surface area contributed by atoms with E-state index in [0.717, 1.165) is 13.0 Å². The van der Waals surface area contributed by atoms with Crippen molar-refractivity contribution in [2.45, 2.75) is 13.3 Å². The first-order chi connectivity index (χ1) is 8.15. The van der Waals surface area contributed by atoms with Crippen molar-refractivity contribution in [2.75, 3.05) is 13.1 Å². The number of hydrogen-bond acceptors (Lipinski definition) is 3. The van der Waals surface area contributed by atoms with Crippen molar-refractivity contribution in [2.24, 2.45) is 0 Å². The average Bonchev–Trinajstić information content (AvgIpc) is 2.34. The normalized spacial score (nSPS) is 10.0. The van der Waals surface area contributed by atoms with E-state index in [9.17, 15) is 9.59 Å². The van der Waals surface area contributed by atoms with Gasteiger partial charge in [0.2, 0.25) is 0 Å². The molecule has 0 saturated heterocycles. The Labute approximate surface area is 115 Å². The molecule has 4 nitrogen and oxygen atoms in total. The third kappa shape index (κ3) is 4.82. The van der Waals surface area contributed by atoms with E-state index < -0.39 is 0 Å². The quantitative estimate of drug-likeness (QED) is 0.358. The molecule has 0 aliphatic rings. The molecule has 0 aliphatic carbocycles. The molecular weight excluding hydrogens is 331 g/mol. The van der Waals surface area contributed by atoms with Crippen LogP contribution < -0.4 is 8.85 Å². The second kappa shape index (κ2) is 7.39. The Morgan fingerprint density at radius 3 is 2.24 bits per heavy atom. The number of amides is 1. The van der Waals surface area contributed by atoms with Crippen molar-refractivity contribution >= 4 is 34.6 Å². The van der Waals surface area contributed by atoms with Crippen LogP contribution in [0.3, 0.4) is 0 Å². The molecule has 0 spiro atoms. The Morgan fingerprint density at radius 1 is 1.12 bits per heavy atom. The summed E-state index contributed by atoms with van der Waals surface area (Å²) in [5, 5.41) is 2.82. The smallest absolute Gasteiger partial charge is 0.251 e. The van der Waals surface area contributed by atoms with E-state index >= 15 is 0 Å². The van der Waals surface area contributed by atoms with Crippen LogP contribution in [0.1, 0.15) is 34.1 Å². The predicted octanol–water partition coefficient (Wildman–Crippen LogP) is 1.95. The third-order valence-corrected chi connectivity index (χ3v) is 2.83. The monoisotopic (exact) mass is 346 g/mol. The molecule has 0 saturated carbocycles. The van der Waals surface area contributed by atoms with Crippen molar-refractivity contribution in [3.63, 3.8) is 0 Å². The van der Waals surface area contributed by atoms with Gasteiger partial charge in [0.15, 0.2) is 5.78 Å². The van der Waals surface area contributed by atoms with Crippen molar-refractivity contribution in [1.82, 2.24) is 8.85 Å². The van der Waals surface area contributed by atoms with Crippen LogP contribution in [0.5, 0.6) is 0 Å². The zero-order chi connectivity index (χ0) is 12.7. The molecule has 0 radical (unpaired) electrons. The molecule has 1 aromatic rings. The minimum absolute atomic E-state index is 0.00470. The summed E-state index contributed by atoms with van der Waals surface area (Å²) >= 11 is 2.07. The number of rotatable bonds is 6. The van der Waals surface area contributed by atoms with E-state index in [1.165, 1.54) is 6.92 Å². The van der Waals surface area contributed by atoms with Crippen LogP contribution in [0.15, 0.2) is 24.3 Å². The van der Waals surface area contributed by atoms with Gasteiger partial charge in [0.1, 0.15) is 0 Å². The molecule has 0 atom stereocenters. The lowest BCUT2D eigenvalue weighted by Crippen LogP contribution is -2.25. The summed E-state index contributed by atoms with van der Waals surface area (Å²) in [6, 6.07) is 6.68. The van der Waals surface area contributed by atoms with Gasteiger partial charge < -0.3 is 5.32 Å². The summed E-state index contributed by atoms with van der Waals surface area (Å²) in [6.45, 7) is 3.01. The Balaban J connectivity index is 2.49. The molecule has 0 bridgehead atoms. The fourth-order valence-electron chi connectivity index (χ4n) is 1.32. The third-order valence-electron chi connectivity index (χ3n) is 2.29. The second-order valence-corrected chi connectivity index (χ2v) is 4.39. The summed E-state index contributed by atoms with van der Waals surface area (Å²) in [5.41, 5.74) is 1.20. The zero-order valence-corrected chi connectivity index (χ0v) is 11.8. The van der Waals surface area contributed by atoms with Crippen LogP contribution in [0, 0.1) is 0 Å². The van der Waals surface area contributed by atoms with Gasteiger partial charge in [0.05, 0.1) is 0 Å². The zero-order valence-electron chi connectivity index (χ0n) is 9.63. The summed E-state index contributed by atoms with van der Waals surface area (Å²) in [4.78, 5) is 22.7. The maximum atomic E-state index is 11.7. The number of Topliss-reactive ketones (excluding diaryl/α,β-unsaturated/α-hetero) is 1. The summed E-state index contributed by atoms with van der Waals surface area (Å²) < 4.78 is 2.98. The molecule has 0 aromatic heterocycles. The first-order valence-electron chi connectivity index (χ1n) is 5.38. The van der Waals surface area contributed by atoms with Crippen LogP contribution in [0.2, 0.25) is 0 Å². The minimum Gasteiger partial charge on any atom is -0.352 e. The van der Waals surface area contributed by atoms with Crippen molar-refractivity contribution in [1.29, 1.82) is 0 Å². The lowest BCUT2D eigenvalue weighted by Gasteiger charge is -2.05. The number of carbonyl (C=O) groups is 2. The highest BCUT2D eigenvalue weighted by molar-refractivity contribution is 14.1. The molecule has 1 aromatic carbocycles. The Hall–Kier alpha value is -0.950. The van der Waals surface area contributed by atoms with Crippen molar-refractivity contribution in [3.8, 4) is 0 Å². The topological polar surface area (TPSA) is 58.2 Å². The van der Waals surface area contributed by atoms with Crippen LogP contribution >= 0.6 is 22.9 Å². The Morgan fingerprint density at radius 2 is 1.71 bits per heavy atom. The van der Waals surface area contributed by atoms with Crippen LogP contribution in [0.4, 0.5) is 0 Å². The Kier molecular flexibility index (Phi) is 6.13. The first-order valence-corrected chi connectivity index (χ1v) is 6.45. The molecule has 0 fully saturated rings. The van der Waals surface area contributed by atoms with E-state index in [4.69, 9.17) is 0 Å². The van der Waals surface area contributed by atoms with E-state index in [1.54, 1.807) is 24.3 Å². The highest BCUT2D eigenvalue weighted by atomic mass is 127. The molecule has 0 heterocycles. The SMILES string of the molecule is CC(=O)c1ccc(C(=O)NCCCNI)cc1. The number of nitrogens with one attached hydrogen (secondary N) is 2. The summed E-state index contributed by atoms with van der Waals surface area (Å²) in [5.74, 6) is -0.0985.